The van der Waals surface area contributed by atoms with Gasteiger partial charge in [-0.1, -0.05) is 27.5 Å². The van der Waals surface area contributed by atoms with E-state index in [2.05, 4.69) is 15.9 Å². The summed E-state index contributed by atoms with van der Waals surface area (Å²) in [6.45, 7) is 2.16. The van der Waals surface area contributed by atoms with Crippen LogP contribution in [0.4, 0.5) is 0 Å². The van der Waals surface area contributed by atoms with Crippen LogP contribution in [-0.4, -0.2) is 49.4 Å². The van der Waals surface area contributed by atoms with Gasteiger partial charge in [-0.2, -0.15) is 16.1 Å². The number of benzene rings is 1. The molecule has 0 amide bonds. The second-order valence-corrected chi connectivity index (χ2v) is 8.86. The second-order valence-electron chi connectivity index (χ2n) is 4.53. The Morgan fingerprint density at radius 1 is 1.55 bits per heavy atom. The van der Waals surface area contributed by atoms with Crippen LogP contribution in [0.1, 0.15) is 6.92 Å². The third kappa shape index (κ3) is 3.79. The molecule has 1 saturated heterocycles. The lowest BCUT2D eigenvalue weighted by Crippen LogP contribution is -2.50. The summed E-state index contributed by atoms with van der Waals surface area (Å²) in [7, 11) is -3.86. The molecule has 0 radical (unpaired) electrons. The van der Waals surface area contributed by atoms with Crippen molar-refractivity contribution < 1.29 is 17.9 Å². The van der Waals surface area contributed by atoms with E-state index in [1.807, 2.05) is 0 Å². The first-order valence-electron chi connectivity index (χ1n) is 6.59. The minimum Gasteiger partial charge on any atom is -0.465 e. The van der Waals surface area contributed by atoms with Gasteiger partial charge in [-0.3, -0.25) is 4.79 Å². The van der Waals surface area contributed by atoms with Crippen molar-refractivity contribution in [3.8, 4) is 0 Å². The number of hydrogen-bond acceptors (Lipinski definition) is 5. The zero-order valence-corrected chi connectivity index (χ0v) is 15.8. The van der Waals surface area contributed by atoms with E-state index in [4.69, 9.17) is 16.3 Å². The van der Waals surface area contributed by atoms with Crippen molar-refractivity contribution in [2.75, 3.05) is 24.7 Å². The van der Waals surface area contributed by atoms with Crippen molar-refractivity contribution in [2.24, 2.45) is 0 Å². The van der Waals surface area contributed by atoms with Crippen LogP contribution in [0, 0.1) is 0 Å². The fourth-order valence-electron chi connectivity index (χ4n) is 2.11. The van der Waals surface area contributed by atoms with Gasteiger partial charge in [0, 0.05) is 22.5 Å². The standard InChI is InChI=1S/C13H15BrClNO4S2/c1-2-20-13(17)11-8-21-6-5-16(11)22(18,19)12-4-3-9(14)7-10(12)15/h3-4,7,11H,2,5-6,8H2,1H3/t11-/m1/s1. The summed E-state index contributed by atoms with van der Waals surface area (Å²) in [5.41, 5.74) is 0. The van der Waals surface area contributed by atoms with Crippen LogP contribution in [0.25, 0.3) is 0 Å². The summed E-state index contributed by atoms with van der Waals surface area (Å²) in [6.07, 6.45) is 0. The normalized spacial score (nSPS) is 19.9. The Balaban J connectivity index is 2.38. The Morgan fingerprint density at radius 2 is 2.27 bits per heavy atom. The fourth-order valence-corrected chi connectivity index (χ4v) is 5.94. The average molecular weight is 429 g/mol. The zero-order valence-electron chi connectivity index (χ0n) is 11.8. The highest BCUT2D eigenvalue weighted by Gasteiger charge is 2.39. The van der Waals surface area contributed by atoms with Gasteiger partial charge in [0.15, 0.2) is 0 Å². The zero-order chi connectivity index (χ0) is 16.3. The molecule has 0 aromatic heterocycles. The van der Waals surface area contributed by atoms with Crippen molar-refractivity contribution in [1.82, 2.24) is 4.31 Å². The summed E-state index contributed by atoms with van der Waals surface area (Å²) in [5, 5.41) is 0.121. The van der Waals surface area contributed by atoms with Crippen molar-refractivity contribution in [3.63, 3.8) is 0 Å². The van der Waals surface area contributed by atoms with Crippen LogP contribution >= 0.6 is 39.3 Å². The van der Waals surface area contributed by atoms with E-state index >= 15 is 0 Å². The van der Waals surface area contributed by atoms with Crippen LogP contribution in [0.3, 0.4) is 0 Å². The number of carbonyl (C=O) groups is 1. The van der Waals surface area contributed by atoms with E-state index in [1.54, 1.807) is 13.0 Å². The summed E-state index contributed by atoms with van der Waals surface area (Å²) in [5.74, 6) is 0.488. The number of sulfonamides is 1. The topological polar surface area (TPSA) is 63.7 Å². The van der Waals surface area contributed by atoms with Gasteiger partial charge in [0.25, 0.3) is 0 Å². The number of rotatable bonds is 4. The number of esters is 1. The smallest absolute Gasteiger partial charge is 0.325 e. The molecule has 1 atom stereocenters. The SMILES string of the molecule is CCOC(=O)[C@H]1CSCCN1S(=O)(=O)c1ccc(Br)cc1Cl. The Bertz CT molecular complexity index is 668. The summed E-state index contributed by atoms with van der Waals surface area (Å²) >= 11 is 10.8. The van der Waals surface area contributed by atoms with Crippen LogP contribution in [0.5, 0.6) is 0 Å². The molecule has 1 aliphatic rings. The van der Waals surface area contributed by atoms with E-state index in [1.165, 1.54) is 28.2 Å². The molecule has 1 heterocycles. The molecule has 0 unspecified atom stereocenters. The predicted molar refractivity (Wildman–Crippen MR) is 90.8 cm³/mol. The van der Waals surface area contributed by atoms with E-state index in [0.717, 1.165) is 0 Å². The van der Waals surface area contributed by atoms with E-state index in [-0.39, 0.29) is 23.1 Å². The molecule has 1 aliphatic heterocycles. The van der Waals surface area contributed by atoms with Crippen LogP contribution in [0.2, 0.25) is 5.02 Å². The van der Waals surface area contributed by atoms with Gasteiger partial charge >= 0.3 is 5.97 Å². The van der Waals surface area contributed by atoms with Crippen LogP contribution in [-0.2, 0) is 19.6 Å². The molecular formula is C13H15BrClNO4S2. The quantitative estimate of drug-likeness (QED) is 0.690. The Labute approximate surface area is 147 Å². The van der Waals surface area contributed by atoms with Crippen molar-refractivity contribution in [2.45, 2.75) is 17.9 Å². The number of thioether (sulfide) groups is 1. The molecule has 9 heteroatoms. The minimum absolute atomic E-state index is 0.00133. The molecule has 22 heavy (non-hydrogen) atoms. The number of hydrogen-bond donors (Lipinski definition) is 0. The number of carbonyl (C=O) groups excluding carboxylic acids is 1. The number of ether oxygens (including phenoxy) is 1. The van der Waals surface area contributed by atoms with Crippen molar-refractivity contribution in [3.05, 3.63) is 27.7 Å². The van der Waals surface area contributed by atoms with Gasteiger partial charge < -0.3 is 4.74 Å². The van der Waals surface area contributed by atoms with Gasteiger partial charge in [-0.15, -0.1) is 0 Å². The van der Waals surface area contributed by atoms with E-state index in [0.29, 0.717) is 16.0 Å². The molecule has 1 aromatic carbocycles. The van der Waals surface area contributed by atoms with Crippen molar-refractivity contribution >= 4 is 55.3 Å². The molecule has 2 rings (SSSR count). The highest BCUT2D eigenvalue weighted by molar-refractivity contribution is 9.10. The van der Waals surface area contributed by atoms with Gasteiger partial charge in [-0.25, -0.2) is 8.42 Å². The summed E-state index contributed by atoms with van der Waals surface area (Å²) in [4.78, 5) is 12.0. The van der Waals surface area contributed by atoms with Crippen LogP contribution in [0.15, 0.2) is 27.6 Å². The number of halogens is 2. The Morgan fingerprint density at radius 3 is 2.91 bits per heavy atom. The molecule has 0 N–H and O–H groups in total. The molecule has 122 valence electrons. The third-order valence-electron chi connectivity index (χ3n) is 3.12. The highest BCUT2D eigenvalue weighted by atomic mass is 79.9. The molecule has 1 aromatic rings. The lowest BCUT2D eigenvalue weighted by Gasteiger charge is -2.32. The Kier molecular flexibility index (Phi) is 6.18. The van der Waals surface area contributed by atoms with E-state index in [9.17, 15) is 13.2 Å². The molecule has 0 saturated carbocycles. The lowest BCUT2D eigenvalue weighted by molar-refractivity contribution is -0.146. The maximum absolute atomic E-state index is 12.8. The second kappa shape index (κ2) is 7.53. The van der Waals surface area contributed by atoms with Crippen LogP contribution < -0.4 is 0 Å². The van der Waals surface area contributed by atoms with E-state index < -0.39 is 22.0 Å². The first-order valence-corrected chi connectivity index (χ1v) is 10.4. The summed E-state index contributed by atoms with van der Waals surface area (Å²) < 4.78 is 32.6. The maximum atomic E-state index is 12.8. The number of nitrogens with zero attached hydrogens (tertiary/aromatic N) is 1. The molecule has 0 spiro atoms. The van der Waals surface area contributed by atoms with Gasteiger partial charge in [0.05, 0.1) is 11.6 Å². The first-order chi connectivity index (χ1) is 10.4. The van der Waals surface area contributed by atoms with Gasteiger partial charge in [-0.05, 0) is 25.1 Å². The summed E-state index contributed by atoms with van der Waals surface area (Å²) in [6, 6.07) is 3.75. The predicted octanol–water partition coefficient (Wildman–Crippen LogP) is 2.77. The first kappa shape index (κ1) is 18.1. The fraction of sp³-hybridized carbons (Fsp3) is 0.462. The Hall–Kier alpha value is -0.280. The highest BCUT2D eigenvalue weighted by Crippen LogP contribution is 2.31. The van der Waals surface area contributed by atoms with Gasteiger partial charge in [0.2, 0.25) is 10.0 Å². The molecule has 1 fully saturated rings. The lowest BCUT2D eigenvalue weighted by atomic mass is 10.3. The molecular weight excluding hydrogens is 414 g/mol. The average Bonchev–Trinajstić information content (AvgIpc) is 2.47. The molecule has 5 nitrogen and oxygen atoms in total. The van der Waals surface area contributed by atoms with Gasteiger partial charge in [0.1, 0.15) is 10.9 Å². The van der Waals surface area contributed by atoms with Crippen molar-refractivity contribution in [1.29, 1.82) is 0 Å². The maximum Gasteiger partial charge on any atom is 0.325 e. The third-order valence-corrected chi connectivity index (χ3v) is 7.03. The minimum atomic E-state index is -3.86. The molecule has 0 aliphatic carbocycles. The molecule has 0 bridgehead atoms. The monoisotopic (exact) mass is 427 g/mol. The largest absolute Gasteiger partial charge is 0.465 e.